The monoisotopic (exact) mass is 258 g/mol. The van der Waals surface area contributed by atoms with Gasteiger partial charge in [-0.25, -0.2) is 0 Å². The Morgan fingerprint density at radius 2 is 2.29 bits per heavy atom. The molecule has 98 valence electrons. The Balaban J connectivity index is 2.42. The first-order valence-corrected chi connectivity index (χ1v) is 6.72. The molecule has 2 N–H and O–H groups in total. The maximum atomic E-state index is 12.1. The molecular formula is C12H22N2O2S. The van der Waals surface area contributed by atoms with Gasteiger partial charge >= 0.3 is 0 Å². The summed E-state index contributed by atoms with van der Waals surface area (Å²) >= 11 is 4.86. The first-order valence-electron chi connectivity index (χ1n) is 6.31. The number of hydrogen-bond donors (Lipinski definition) is 1. The van der Waals surface area contributed by atoms with Gasteiger partial charge in [-0.3, -0.25) is 4.79 Å². The smallest absolute Gasteiger partial charge is 0.225 e. The highest BCUT2D eigenvalue weighted by Gasteiger charge is 2.21. The summed E-state index contributed by atoms with van der Waals surface area (Å²) in [5.74, 6) is 0.103. The number of carbonyl (C=O) groups excluding carboxylic acids is 1. The number of ether oxygens (including phenoxy) is 1. The number of nitrogens with two attached hydrogens (primary N) is 1. The summed E-state index contributed by atoms with van der Waals surface area (Å²) in [7, 11) is 0. The average Bonchev–Trinajstić information content (AvgIpc) is 2.29. The topological polar surface area (TPSA) is 55.6 Å². The molecule has 4 nitrogen and oxygen atoms in total. The molecule has 17 heavy (non-hydrogen) atoms. The van der Waals surface area contributed by atoms with Crippen LogP contribution in [0.25, 0.3) is 0 Å². The van der Waals surface area contributed by atoms with E-state index in [-0.39, 0.29) is 12.0 Å². The number of rotatable bonds is 6. The summed E-state index contributed by atoms with van der Waals surface area (Å²) in [5, 5.41) is 0. The zero-order valence-corrected chi connectivity index (χ0v) is 11.3. The summed E-state index contributed by atoms with van der Waals surface area (Å²) in [6, 6.07) is 0. The molecule has 1 amide bonds. The van der Waals surface area contributed by atoms with Gasteiger partial charge in [-0.05, 0) is 25.7 Å². The van der Waals surface area contributed by atoms with Crippen LogP contribution in [0, 0.1) is 0 Å². The number of carbonyl (C=O) groups is 1. The van der Waals surface area contributed by atoms with Crippen molar-refractivity contribution < 1.29 is 9.53 Å². The van der Waals surface area contributed by atoms with Crippen LogP contribution in [-0.2, 0) is 9.53 Å². The fraction of sp³-hybridized carbons (Fsp3) is 0.833. The quantitative estimate of drug-likeness (QED) is 0.733. The van der Waals surface area contributed by atoms with Gasteiger partial charge in [0.25, 0.3) is 0 Å². The molecule has 1 aliphatic rings. The van der Waals surface area contributed by atoms with Gasteiger partial charge in [0, 0.05) is 13.2 Å². The zero-order valence-electron chi connectivity index (χ0n) is 10.5. The normalized spacial score (nSPS) is 19.9. The number of thiocarbonyl (C=S) groups is 1. The van der Waals surface area contributed by atoms with E-state index in [1.165, 1.54) is 0 Å². The summed E-state index contributed by atoms with van der Waals surface area (Å²) in [4.78, 5) is 14.2. The minimum Gasteiger partial charge on any atom is -0.392 e. The standard InChI is InChI=1S/C12H22N2O2S/c1-2-6-14(9-11(13)17)12(15)8-10-5-3-4-7-16-10/h10H,2-9H2,1H3,(H2,13,17). The van der Waals surface area contributed by atoms with Gasteiger partial charge in [0.2, 0.25) is 5.91 Å². The SMILES string of the molecule is CCCN(CC(N)=S)C(=O)CC1CCCCO1. The highest BCUT2D eigenvalue weighted by molar-refractivity contribution is 7.80. The Hall–Kier alpha value is -0.680. The third-order valence-corrected chi connectivity index (χ3v) is 3.00. The van der Waals surface area contributed by atoms with Gasteiger partial charge in [0.1, 0.15) is 0 Å². The highest BCUT2D eigenvalue weighted by Crippen LogP contribution is 2.16. The lowest BCUT2D eigenvalue weighted by atomic mass is 10.1. The van der Waals surface area contributed by atoms with E-state index in [0.29, 0.717) is 24.5 Å². The third kappa shape index (κ3) is 5.46. The van der Waals surface area contributed by atoms with Crippen LogP contribution in [0.2, 0.25) is 0 Å². The Kier molecular flexibility index (Phi) is 6.44. The lowest BCUT2D eigenvalue weighted by Crippen LogP contribution is -2.40. The van der Waals surface area contributed by atoms with E-state index in [1.807, 2.05) is 6.92 Å². The van der Waals surface area contributed by atoms with E-state index in [4.69, 9.17) is 22.7 Å². The molecule has 0 radical (unpaired) electrons. The second-order valence-electron chi connectivity index (χ2n) is 4.47. The average molecular weight is 258 g/mol. The summed E-state index contributed by atoms with van der Waals surface area (Å²) in [6.45, 7) is 3.91. The number of amides is 1. The molecule has 1 unspecified atom stereocenters. The van der Waals surface area contributed by atoms with Crippen molar-refractivity contribution in [2.45, 2.75) is 45.1 Å². The maximum Gasteiger partial charge on any atom is 0.225 e. The third-order valence-electron chi connectivity index (χ3n) is 2.87. The predicted octanol–water partition coefficient (Wildman–Crippen LogP) is 1.47. The second-order valence-corrected chi connectivity index (χ2v) is 5.00. The van der Waals surface area contributed by atoms with Crippen LogP contribution < -0.4 is 5.73 Å². The fourth-order valence-electron chi connectivity index (χ4n) is 2.04. The van der Waals surface area contributed by atoms with Crippen molar-refractivity contribution in [3.8, 4) is 0 Å². The number of nitrogens with zero attached hydrogens (tertiary/aromatic N) is 1. The van der Waals surface area contributed by atoms with E-state index in [0.717, 1.165) is 32.3 Å². The highest BCUT2D eigenvalue weighted by atomic mass is 32.1. The first-order chi connectivity index (χ1) is 8.13. The van der Waals surface area contributed by atoms with Crippen LogP contribution in [-0.4, -0.2) is 41.6 Å². The summed E-state index contributed by atoms with van der Waals surface area (Å²) < 4.78 is 5.57. The molecule has 0 saturated carbocycles. The summed E-state index contributed by atoms with van der Waals surface area (Å²) in [6.07, 6.45) is 4.71. The maximum absolute atomic E-state index is 12.1. The Labute approximate surface area is 108 Å². The molecule has 1 saturated heterocycles. The van der Waals surface area contributed by atoms with Crippen LogP contribution in [0.5, 0.6) is 0 Å². The van der Waals surface area contributed by atoms with Crippen molar-refractivity contribution in [2.75, 3.05) is 19.7 Å². The van der Waals surface area contributed by atoms with Crippen LogP contribution in [0.1, 0.15) is 39.0 Å². The molecule has 0 aliphatic carbocycles. The van der Waals surface area contributed by atoms with Gasteiger partial charge < -0.3 is 15.4 Å². The molecule has 1 atom stereocenters. The van der Waals surface area contributed by atoms with Crippen molar-refractivity contribution in [3.63, 3.8) is 0 Å². The van der Waals surface area contributed by atoms with Crippen molar-refractivity contribution >= 4 is 23.1 Å². The van der Waals surface area contributed by atoms with Crippen LogP contribution in [0.3, 0.4) is 0 Å². The van der Waals surface area contributed by atoms with Gasteiger partial charge in [-0.2, -0.15) is 0 Å². The predicted molar refractivity (Wildman–Crippen MR) is 71.9 cm³/mol. The lowest BCUT2D eigenvalue weighted by molar-refractivity contribution is -0.134. The van der Waals surface area contributed by atoms with E-state index in [9.17, 15) is 4.79 Å². The molecule has 0 aromatic rings. The Bertz CT molecular complexity index is 265. The van der Waals surface area contributed by atoms with Crippen LogP contribution >= 0.6 is 12.2 Å². The van der Waals surface area contributed by atoms with Crippen molar-refractivity contribution in [1.29, 1.82) is 0 Å². The van der Waals surface area contributed by atoms with Gasteiger partial charge in [0.15, 0.2) is 0 Å². The molecule has 1 heterocycles. The van der Waals surface area contributed by atoms with E-state index in [2.05, 4.69) is 0 Å². The van der Waals surface area contributed by atoms with Crippen molar-refractivity contribution in [1.82, 2.24) is 4.90 Å². The van der Waals surface area contributed by atoms with Crippen LogP contribution in [0.15, 0.2) is 0 Å². The van der Waals surface area contributed by atoms with Gasteiger partial charge in [-0.1, -0.05) is 19.1 Å². The fourth-order valence-corrected chi connectivity index (χ4v) is 2.20. The van der Waals surface area contributed by atoms with Gasteiger partial charge in [0.05, 0.1) is 24.1 Å². The molecule has 1 aliphatic heterocycles. The van der Waals surface area contributed by atoms with E-state index in [1.54, 1.807) is 4.90 Å². The Morgan fingerprint density at radius 1 is 1.53 bits per heavy atom. The van der Waals surface area contributed by atoms with E-state index < -0.39 is 0 Å². The lowest BCUT2D eigenvalue weighted by Gasteiger charge is -2.26. The van der Waals surface area contributed by atoms with E-state index >= 15 is 0 Å². The zero-order chi connectivity index (χ0) is 12.7. The van der Waals surface area contributed by atoms with Crippen molar-refractivity contribution in [2.24, 2.45) is 5.73 Å². The second kappa shape index (κ2) is 7.61. The minimum atomic E-state index is 0.0851. The molecule has 1 fully saturated rings. The largest absolute Gasteiger partial charge is 0.392 e. The first kappa shape index (κ1) is 14.4. The summed E-state index contributed by atoms with van der Waals surface area (Å²) in [5.41, 5.74) is 5.50. The molecular weight excluding hydrogens is 236 g/mol. The molecule has 0 bridgehead atoms. The molecule has 0 aromatic heterocycles. The molecule has 0 spiro atoms. The molecule has 0 aromatic carbocycles. The molecule has 5 heteroatoms. The molecule has 1 rings (SSSR count). The number of hydrogen-bond acceptors (Lipinski definition) is 3. The minimum absolute atomic E-state index is 0.0851. The van der Waals surface area contributed by atoms with Crippen LogP contribution in [0.4, 0.5) is 0 Å². The van der Waals surface area contributed by atoms with Crippen molar-refractivity contribution in [3.05, 3.63) is 0 Å². The van der Waals surface area contributed by atoms with Gasteiger partial charge in [-0.15, -0.1) is 0 Å². The Morgan fingerprint density at radius 3 is 2.82 bits per heavy atom.